The lowest BCUT2D eigenvalue weighted by molar-refractivity contribution is 0.0821. The Labute approximate surface area is 58.0 Å². The lowest BCUT2D eigenvalue weighted by atomic mass is 10.4. The van der Waals surface area contributed by atoms with Gasteiger partial charge >= 0.3 is 0 Å². The molecule has 1 rings (SSSR count). The summed E-state index contributed by atoms with van der Waals surface area (Å²) in [5.74, 6) is -0.176. The van der Waals surface area contributed by atoms with Crippen LogP contribution < -0.4 is 0 Å². The second kappa shape index (κ2) is 2.47. The summed E-state index contributed by atoms with van der Waals surface area (Å²) in [4.78, 5) is 12.4. The smallest absolute Gasteiger partial charge is 0.273 e. The highest BCUT2D eigenvalue weighted by atomic mass is 16.2. The van der Waals surface area contributed by atoms with Crippen LogP contribution >= 0.6 is 0 Å². The second-order valence-electron chi connectivity index (χ2n) is 2.00. The van der Waals surface area contributed by atoms with E-state index in [0.717, 1.165) is 0 Å². The summed E-state index contributed by atoms with van der Waals surface area (Å²) in [5, 5.41) is 9.11. The van der Waals surface area contributed by atoms with E-state index in [2.05, 4.69) is 21.6 Å². The molecule has 0 unspecified atom stereocenters. The fourth-order valence-electron chi connectivity index (χ4n) is 0.494. The molecule has 5 heteroatoms. The Morgan fingerprint density at radius 2 is 2.40 bits per heavy atom. The molecule has 0 fully saturated rings. The molecule has 53 valence electrons. The van der Waals surface area contributed by atoms with E-state index in [0.29, 0.717) is 0 Å². The van der Waals surface area contributed by atoms with Gasteiger partial charge in [0.2, 0.25) is 0 Å². The molecule has 0 saturated carbocycles. The number of nitrogens with one attached hydrogen (secondary N) is 1. The Balaban J connectivity index is 2.78. The van der Waals surface area contributed by atoms with Crippen molar-refractivity contribution in [3.05, 3.63) is 11.9 Å². The number of rotatable bonds is 1. The highest BCUT2D eigenvalue weighted by Gasteiger charge is 2.08. The third-order valence-corrected chi connectivity index (χ3v) is 0.994. The number of aromatic amines is 1. The fourth-order valence-corrected chi connectivity index (χ4v) is 0.494. The largest absolute Gasteiger partial charge is 0.343 e. The summed E-state index contributed by atoms with van der Waals surface area (Å²) >= 11 is 0. The monoisotopic (exact) mass is 139 g/mol. The van der Waals surface area contributed by atoms with Crippen LogP contribution in [0.15, 0.2) is 0 Å². The Morgan fingerprint density at radius 1 is 1.70 bits per heavy atom. The molecule has 5 nitrogen and oxygen atoms in total. The first-order valence-corrected chi connectivity index (χ1v) is 2.72. The predicted molar refractivity (Wildman–Crippen MR) is 33.2 cm³/mol. The van der Waals surface area contributed by atoms with Crippen LogP contribution in [0.5, 0.6) is 0 Å². The van der Waals surface area contributed by atoms with Gasteiger partial charge in [0, 0.05) is 14.1 Å². The molecule has 0 aromatic carbocycles. The summed E-state index contributed by atoms with van der Waals surface area (Å²) in [6.07, 6.45) is 2.41. The van der Waals surface area contributed by atoms with Crippen molar-refractivity contribution in [3.8, 4) is 0 Å². The van der Waals surface area contributed by atoms with Crippen molar-refractivity contribution < 1.29 is 4.79 Å². The van der Waals surface area contributed by atoms with Gasteiger partial charge in [0.1, 0.15) is 6.20 Å². The van der Waals surface area contributed by atoms with Gasteiger partial charge in [0.15, 0.2) is 5.69 Å². The van der Waals surface area contributed by atoms with Crippen LogP contribution in [-0.2, 0) is 0 Å². The molecule has 0 aliphatic heterocycles. The van der Waals surface area contributed by atoms with Crippen LogP contribution in [0.1, 0.15) is 10.5 Å². The molecule has 10 heavy (non-hydrogen) atoms. The molecule has 1 radical (unpaired) electrons. The minimum absolute atomic E-state index is 0.176. The SMILES string of the molecule is CN(C)C(=O)c1[c]nn[nH]1. The van der Waals surface area contributed by atoms with E-state index in [9.17, 15) is 4.79 Å². The molecule has 0 spiro atoms. The van der Waals surface area contributed by atoms with E-state index in [-0.39, 0.29) is 11.6 Å². The maximum absolute atomic E-state index is 11.0. The van der Waals surface area contributed by atoms with E-state index in [4.69, 9.17) is 0 Å². The van der Waals surface area contributed by atoms with Gasteiger partial charge in [-0.1, -0.05) is 5.21 Å². The topological polar surface area (TPSA) is 61.9 Å². The highest BCUT2D eigenvalue weighted by molar-refractivity contribution is 5.91. The van der Waals surface area contributed by atoms with Gasteiger partial charge in [-0.15, -0.1) is 5.10 Å². The van der Waals surface area contributed by atoms with Crippen LogP contribution in [0.4, 0.5) is 0 Å². The molecule has 0 bridgehead atoms. The van der Waals surface area contributed by atoms with Gasteiger partial charge in [0.05, 0.1) is 0 Å². The first kappa shape index (κ1) is 6.73. The van der Waals surface area contributed by atoms with Crippen LogP contribution in [-0.4, -0.2) is 40.3 Å². The number of carbonyl (C=O) groups is 1. The van der Waals surface area contributed by atoms with E-state index >= 15 is 0 Å². The van der Waals surface area contributed by atoms with Crippen molar-refractivity contribution in [3.63, 3.8) is 0 Å². The number of H-pyrrole nitrogens is 1. The lowest BCUT2D eigenvalue weighted by Crippen LogP contribution is -2.22. The Hall–Kier alpha value is -1.39. The zero-order valence-corrected chi connectivity index (χ0v) is 5.75. The molecule has 0 aliphatic carbocycles. The molecule has 0 atom stereocenters. The molecule has 1 aromatic rings. The minimum Gasteiger partial charge on any atom is -0.343 e. The lowest BCUT2D eigenvalue weighted by Gasteiger charge is -2.05. The molecule has 1 aromatic heterocycles. The minimum atomic E-state index is -0.176. The summed E-state index contributed by atoms with van der Waals surface area (Å²) < 4.78 is 0. The predicted octanol–water partition coefficient (Wildman–Crippen LogP) is -0.693. The van der Waals surface area contributed by atoms with Crippen molar-refractivity contribution >= 4 is 5.91 Å². The van der Waals surface area contributed by atoms with E-state index < -0.39 is 0 Å². The van der Waals surface area contributed by atoms with Crippen molar-refractivity contribution in [2.75, 3.05) is 14.1 Å². The van der Waals surface area contributed by atoms with Gasteiger partial charge in [-0.05, 0) is 0 Å². The van der Waals surface area contributed by atoms with E-state index in [1.54, 1.807) is 14.1 Å². The number of nitrogens with zero attached hydrogens (tertiary/aromatic N) is 3. The number of amides is 1. The number of hydrogen-bond donors (Lipinski definition) is 1. The van der Waals surface area contributed by atoms with Gasteiger partial charge in [-0.25, -0.2) is 0 Å². The number of carbonyl (C=O) groups excluding carboxylic acids is 1. The average Bonchev–Trinajstić information content (AvgIpc) is 2.36. The van der Waals surface area contributed by atoms with E-state index in [1.807, 2.05) is 0 Å². The summed E-state index contributed by atoms with van der Waals surface area (Å²) in [5.41, 5.74) is 0.282. The zero-order chi connectivity index (χ0) is 7.56. The maximum atomic E-state index is 11.0. The molecular weight excluding hydrogens is 132 g/mol. The number of aromatic nitrogens is 3. The standard InChI is InChI=1S/C5H7N4O/c1-9(2)5(10)4-3-6-8-7-4/h1-2H3,(H,6,7,8). The highest BCUT2D eigenvalue weighted by Crippen LogP contribution is 1.91. The van der Waals surface area contributed by atoms with Crippen LogP contribution in [0.25, 0.3) is 0 Å². The number of hydrogen-bond acceptors (Lipinski definition) is 3. The van der Waals surface area contributed by atoms with E-state index in [1.165, 1.54) is 4.90 Å². The summed E-state index contributed by atoms with van der Waals surface area (Å²) in [6.45, 7) is 0. The molecule has 0 saturated heterocycles. The van der Waals surface area contributed by atoms with Crippen LogP contribution in [0.2, 0.25) is 0 Å². The van der Waals surface area contributed by atoms with Crippen molar-refractivity contribution in [2.24, 2.45) is 0 Å². The quantitative estimate of drug-likeness (QED) is 0.560. The Morgan fingerprint density at radius 3 is 2.80 bits per heavy atom. The molecular formula is C5H7N4O. The first-order chi connectivity index (χ1) is 4.72. The molecule has 1 heterocycles. The Kier molecular flexibility index (Phi) is 1.66. The summed E-state index contributed by atoms with van der Waals surface area (Å²) in [7, 11) is 3.30. The average molecular weight is 139 g/mol. The molecule has 0 aliphatic rings. The maximum Gasteiger partial charge on any atom is 0.273 e. The van der Waals surface area contributed by atoms with Gasteiger partial charge < -0.3 is 4.90 Å². The first-order valence-electron chi connectivity index (χ1n) is 2.72. The molecule has 1 amide bonds. The van der Waals surface area contributed by atoms with Crippen molar-refractivity contribution in [1.29, 1.82) is 0 Å². The molecule has 1 N–H and O–H groups in total. The van der Waals surface area contributed by atoms with Gasteiger partial charge in [0.25, 0.3) is 5.91 Å². The fraction of sp³-hybridized carbons (Fsp3) is 0.400. The normalized spacial score (nSPS) is 9.40. The van der Waals surface area contributed by atoms with Crippen molar-refractivity contribution in [1.82, 2.24) is 20.3 Å². The van der Waals surface area contributed by atoms with Crippen LogP contribution in [0.3, 0.4) is 0 Å². The van der Waals surface area contributed by atoms with Gasteiger partial charge in [-0.3, -0.25) is 9.89 Å². The third kappa shape index (κ3) is 1.12. The summed E-state index contributed by atoms with van der Waals surface area (Å²) in [6, 6.07) is 0. The second-order valence-corrected chi connectivity index (χ2v) is 2.00. The Bertz CT molecular complexity index is 216. The third-order valence-electron chi connectivity index (χ3n) is 0.994. The van der Waals surface area contributed by atoms with Gasteiger partial charge in [-0.2, -0.15) is 0 Å². The zero-order valence-electron chi connectivity index (χ0n) is 5.75. The van der Waals surface area contributed by atoms with Crippen molar-refractivity contribution in [2.45, 2.75) is 0 Å². The van der Waals surface area contributed by atoms with Crippen LogP contribution in [0, 0.1) is 6.20 Å².